The predicted molar refractivity (Wildman–Crippen MR) is 160 cm³/mol. The van der Waals surface area contributed by atoms with Crippen molar-refractivity contribution in [1.82, 2.24) is 25.0 Å². The Morgan fingerprint density at radius 1 is 1.00 bits per heavy atom. The summed E-state index contributed by atoms with van der Waals surface area (Å²) in [5.41, 5.74) is 0.205. The smallest absolute Gasteiger partial charge is 0.383 e. The molecule has 0 saturated heterocycles. The maximum Gasteiger partial charge on any atom is 0.413 e. The van der Waals surface area contributed by atoms with Gasteiger partial charge >= 0.3 is 6.18 Å². The molecule has 1 fully saturated rings. The van der Waals surface area contributed by atoms with E-state index in [1.165, 1.54) is 30.7 Å². The fraction of sp³-hybridized carbons (Fsp3) is 0.312. The van der Waals surface area contributed by atoms with Gasteiger partial charge in [0.1, 0.15) is 29.2 Å². The molecule has 3 aromatic heterocycles. The van der Waals surface area contributed by atoms with Crippen LogP contribution in [0.2, 0.25) is 0 Å². The average molecular weight is 614 g/mol. The zero-order chi connectivity index (χ0) is 32.1. The van der Waals surface area contributed by atoms with E-state index in [1.54, 1.807) is 24.3 Å². The summed E-state index contributed by atoms with van der Waals surface area (Å²) in [4.78, 5) is 8.55. The maximum absolute atomic E-state index is 14.8. The second kappa shape index (κ2) is 10.7. The van der Waals surface area contributed by atoms with Gasteiger partial charge in [-0.2, -0.15) is 23.7 Å². The Bertz CT molecular complexity index is 2030. The van der Waals surface area contributed by atoms with E-state index in [0.29, 0.717) is 39.8 Å². The van der Waals surface area contributed by atoms with Gasteiger partial charge in [0.05, 0.1) is 34.6 Å². The van der Waals surface area contributed by atoms with Gasteiger partial charge < -0.3 is 10.6 Å². The van der Waals surface area contributed by atoms with E-state index < -0.39 is 23.6 Å². The molecule has 2 aromatic carbocycles. The number of nitriles is 2. The lowest BCUT2D eigenvalue weighted by molar-refractivity contribution is -0.182. The molecule has 0 radical (unpaired) electrons. The average Bonchev–Trinajstić information content (AvgIpc) is 3.69. The van der Waals surface area contributed by atoms with Crippen molar-refractivity contribution in [3.63, 3.8) is 0 Å². The maximum atomic E-state index is 14.8. The molecule has 1 saturated carbocycles. The standard InChI is InChI=1S/C32H27F4N9/c1-30(2,3)17-41-27-19(14-38)15-40-26-18(13-37)11-20(12-23(26)27)42-29(22-6-7-24(33)28-21(22)5-4-10-39-28)25-16-45(44-43-25)31(8-9-31)32(34,35)36/h4-7,10-12,15-16,29,42H,8-9,17H2,1-3H3,(H,40,41). The number of hydrogen-bond donors (Lipinski definition) is 2. The third-order valence-electron chi connectivity index (χ3n) is 7.88. The number of halogens is 4. The van der Waals surface area contributed by atoms with Gasteiger partial charge in [0.15, 0.2) is 5.54 Å². The molecule has 0 aliphatic heterocycles. The van der Waals surface area contributed by atoms with E-state index in [1.807, 2.05) is 20.8 Å². The summed E-state index contributed by atoms with van der Waals surface area (Å²) in [6, 6.07) is 12.7. The van der Waals surface area contributed by atoms with Crippen LogP contribution in [-0.2, 0) is 5.54 Å². The molecule has 1 atom stereocenters. The second-order valence-electron chi connectivity index (χ2n) is 12.3. The Hall–Kier alpha value is -5.30. The Labute approximate surface area is 255 Å². The minimum atomic E-state index is -4.52. The fourth-order valence-corrected chi connectivity index (χ4v) is 5.37. The van der Waals surface area contributed by atoms with Gasteiger partial charge in [0.2, 0.25) is 0 Å². The number of pyridine rings is 2. The third kappa shape index (κ3) is 5.35. The molecule has 9 nitrogen and oxygen atoms in total. The van der Waals surface area contributed by atoms with Gasteiger partial charge in [0, 0.05) is 35.4 Å². The van der Waals surface area contributed by atoms with Gasteiger partial charge in [-0.15, -0.1) is 5.10 Å². The number of anilines is 2. The van der Waals surface area contributed by atoms with E-state index >= 15 is 0 Å². The first-order chi connectivity index (χ1) is 21.3. The first-order valence-electron chi connectivity index (χ1n) is 14.2. The normalized spacial score (nSPS) is 15.0. The van der Waals surface area contributed by atoms with Crippen molar-refractivity contribution < 1.29 is 17.6 Å². The van der Waals surface area contributed by atoms with Gasteiger partial charge in [-0.05, 0) is 48.1 Å². The van der Waals surface area contributed by atoms with Crippen molar-refractivity contribution in [2.45, 2.75) is 51.4 Å². The lowest BCUT2D eigenvalue weighted by Gasteiger charge is -2.23. The lowest BCUT2D eigenvalue weighted by Crippen LogP contribution is -2.35. The summed E-state index contributed by atoms with van der Waals surface area (Å²) in [7, 11) is 0. The van der Waals surface area contributed by atoms with E-state index in [9.17, 15) is 28.1 Å². The van der Waals surface area contributed by atoms with Crippen LogP contribution in [0.25, 0.3) is 21.8 Å². The number of nitrogens with zero attached hydrogens (tertiary/aromatic N) is 7. The molecule has 5 aromatic rings. The van der Waals surface area contributed by atoms with Crippen molar-refractivity contribution >= 4 is 33.2 Å². The Kier molecular flexibility index (Phi) is 7.08. The molecule has 1 unspecified atom stereocenters. The summed E-state index contributed by atoms with van der Waals surface area (Å²) < 4.78 is 57.5. The minimum Gasteiger partial charge on any atom is -0.383 e. The zero-order valence-electron chi connectivity index (χ0n) is 24.5. The van der Waals surface area contributed by atoms with Gasteiger partial charge in [-0.1, -0.05) is 38.1 Å². The Morgan fingerprint density at radius 3 is 2.42 bits per heavy atom. The molecule has 2 N–H and O–H groups in total. The van der Waals surface area contributed by atoms with Crippen LogP contribution in [0.3, 0.4) is 0 Å². The number of fused-ring (bicyclic) bond motifs is 2. The lowest BCUT2D eigenvalue weighted by atomic mass is 9.96. The zero-order valence-corrected chi connectivity index (χ0v) is 24.5. The highest BCUT2D eigenvalue weighted by Crippen LogP contribution is 2.55. The van der Waals surface area contributed by atoms with Crippen molar-refractivity contribution in [2.24, 2.45) is 5.41 Å². The molecule has 0 spiro atoms. The van der Waals surface area contributed by atoms with E-state index in [-0.39, 0.29) is 40.6 Å². The van der Waals surface area contributed by atoms with Crippen LogP contribution in [-0.4, -0.2) is 37.7 Å². The van der Waals surface area contributed by atoms with Gasteiger partial charge in [0.25, 0.3) is 0 Å². The molecule has 6 rings (SSSR count). The van der Waals surface area contributed by atoms with E-state index in [0.717, 1.165) is 4.68 Å². The number of nitrogens with one attached hydrogen (secondary N) is 2. The van der Waals surface area contributed by atoms with E-state index in [2.05, 4.69) is 43.1 Å². The molecule has 3 heterocycles. The minimum absolute atomic E-state index is 0.0795. The van der Waals surface area contributed by atoms with Crippen molar-refractivity contribution in [3.8, 4) is 12.1 Å². The fourth-order valence-electron chi connectivity index (χ4n) is 5.37. The summed E-state index contributed by atoms with van der Waals surface area (Å²) in [6.45, 7) is 6.62. The van der Waals surface area contributed by atoms with Crippen molar-refractivity contribution in [2.75, 3.05) is 17.2 Å². The van der Waals surface area contributed by atoms with Crippen LogP contribution in [0.1, 0.15) is 62.0 Å². The topological polar surface area (TPSA) is 128 Å². The van der Waals surface area contributed by atoms with Crippen LogP contribution < -0.4 is 10.6 Å². The summed E-state index contributed by atoms with van der Waals surface area (Å²) in [5.74, 6) is -0.562. The monoisotopic (exact) mass is 613 g/mol. The predicted octanol–water partition coefficient (Wildman–Crippen LogP) is 6.97. The number of rotatable bonds is 7. The molecule has 0 bridgehead atoms. The summed E-state index contributed by atoms with van der Waals surface area (Å²) in [6.07, 6.45) is -0.640. The summed E-state index contributed by atoms with van der Waals surface area (Å²) >= 11 is 0. The highest BCUT2D eigenvalue weighted by molar-refractivity contribution is 5.99. The van der Waals surface area contributed by atoms with Crippen LogP contribution in [0, 0.1) is 33.9 Å². The van der Waals surface area contributed by atoms with Crippen LogP contribution in [0.5, 0.6) is 0 Å². The van der Waals surface area contributed by atoms with Crippen molar-refractivity contribution in [3.05, 3.63) is 83.2 Å². The van der Waals surface area contributed by atoms with Crippen LogP contribution in [0.15, 0.2) is 55.0 Å². The number of alkyl halides is 3. The number of aromatic nitrogens is 5. The van der Waals surface area contributed by atoms with Gasteiger partial charge in [-0.25, -0.2) is 9.07 Å². The highest BCUT2D eigenvalue weighted by Gasteiger charge is 2.66. The largest absolute Gasteiger partial charge is 0.413 e. The molecule has 0 amide bonds. The Morgan fingerprint density at radius 2 is 1.76 bits per heavy atom. The molecule has 1 aliphatic carbocycles. The van der Waals surface area contributed by atoms with Crippen LogP contribution in [0.4, 0.5) is 28.9 Å². The van der Waals surface area contributed by atoms with Gasteiger partial charge in [-0.3, -0.25) is 9.97 Å². The number of benzene rings is 2. The first kappa shape index (κ1) is 29.8. The van der Waals surface area contributed by atoms with Crippen LogP contribution >= 0.6 is 0 Å². The highest BCUT2D eigenvalue weighted by atomic mass is 19.4. The molecule has 45 heavy (non-hydrogen) atoms. The third-order valence-corrected chi connectivity index (χ3v) is 7.88. The molecular weight excluding hydrogens is 586 g/mol. The molecule has 1 aliphatic rings. The Balaban J connectivity index is 1.52. The first-order valence-corrected chi connectivity index (χ1v) is 14.2. The quantitative estimate of drug-likeness (QED) is 0.189. The van der Waals surface area contributed by atoms with E-state index in [4.69, 9.17) is 0 Å². The molecule has 13 heteroatoms. The number of hydrogen-bond acceptors (Lipinski definition) is 8. The SMILES string of the molecule is CC(C)(C)CNc1c(C#N)cnc2c(C#N)cc(NC(c3cn(C4(C(F)(F)F)CC4)nn3)c3ccc(F)c4ncccc34)cc12. The molecule has 228 valence electrons. The molecular formula is C32H27F4N9. The van der Waals surface area contributed by atoms with Crippen molar-refractivity contribution in [1.29, 1.82) is 10.5 Å². The summed E-state index contributed by atoms with van der Waals surface area (Å²) in [5, 5.41) is 35.5. The second-order valence-corrected chi connectivity index (χ2v) is 12.3.